The van der Waals surface area contributed by atoms with Crippen LogP contribution in [0.5, 0.6) is 0 Å². The Morgan fingerprint density at radius 3 is 2.68 bits per heavy atom. The number of hydrogen-bond acceptors (Lipinski definition) is 8. The maximum Gasteiger partial charge on any atom is 0.407 e. The van der Waals surface area contributed by atoms with E-state index in [9.17, 15) is 18.0 Å². The molecule has 3 aromatic rings. The van der Waals surface area contributed by atoms with E-state index in [1.165, 1.54) is 12.4 Å². The van der Waals surface area contributed by atoms with Crippen molar-refractivity contribution in [2.24, 2.45) is 5.92 Å². The fourth-order valence-corrected chi connectivity index (χ4v) is 5.18. The summed E-state index contributed by atoms with van der Waals surface area (Å²) in [7, 11) is -3.82. The van der Waals surface area contributed by atoms with Crippen molar-refractivity contribution in [3.8, 4) is 0 Å². The summed E-state index contributed by atoms with van der Waals surface area (Å²) < 4.78 is 31.9. The van der Waals surface area contributed by atoms with Crippen LogP contribution >= 0.6 is 0 Å². The first kappa shape index (κ1) is 23.5. The molecule has 0 bridgehead atoms. The third kappa shape index (κ3) is 4.96. The number of alkyl carbamates (subject to hydrolysis) is 1. The summed E-state index contributed by atoms with van der Waals surface area (Å²) in [6.07, 6.45) is 4.10. The van der Waals surface area contributed by atoms with Crippen LogP contribution in [0.3, 0.4) is 0 Å². The second-order valence-corrected chi connectivity index (χ2v) is 9.89. The predicted molar refractivity (Wildman–Crippen MR) is 124 cm³/mol. The molecule has 1 aromatic carbocycles. The van der Waals surface area contributed by atoms with Gasteiger partial charge in [-0.25, -0.2) is 27.2 Å². The van der Waals surface area contributed by atoms with Gasteiger partial charge in [0, 0.05) is 18.2 Å². The van der Waals surface area contributed by atoms with Crippen molar-refractivity contribution in [2.45, 2.75) is 44.0 Å². The highest BCUT2D eigenvalue weighted by Gasteiger charge is 2.31. The van der Waals surface area contributed by atoms with Crippen molar-refractivity contribution >= 4 is 39.0 Å². The smallest absolute Gasteiger partial charge is 0.407 e. The minimum Gasteiger partial charge on any atom is -0.450 e. The number of fused-ring (bicyclic) bond motifs is 1. The zero-order valence-electron chi connectivity index (χ0n) is 18.8. The number of carbonyl (C=O) groups excluding carboxylic acids is 2. The number of ether oxygens (including phenoxy) is 1. The molecule has 0 aliphatic heterocycles. The van der Waals surface area contributed by atoms with Crippen LogP contribution in [0.1, 0.15) is 31.7 Å². The summed E-state index contributed by atoms with van der Waals surface area (Å²) in [6, 6.07) is 7.99. The number of rotatable bonds is 7. The van der Waals surface area contributed by atoms with Gasteiger partial charge in [-0.15, -0.1) is 0 Å². The van der Waals surface area contributed by atoms with Gasteiger partial charge in [0.2, 0.25) is 5.91 Å². The quantitative estimate of drug-likeness (QED) is 0.432. The lowest BCUT2D eigenvalue weighted by atomic mass is 10.1. The zero-order chi connectivity index (χ0) is 24.3. The summed E-state index contributed by atoms with van der Waals surface area (Å²) in [4.78, 5) is 32.8. The molecule has 2 heterocycles. The number of aromatic nitrogens is 3. The lowest BCUT2D eigenvalue weighted by Crippen LogP contribution is -2.37. The highest BCUT2D eigenvalue weighted by atomic mass is 32.2. The molecule has 2 amide bonds. The van der Waals surface area contributed by atoms with E-state index in [2.05, 4.69) is 26.1 Å². The molecule has 11 nitrogen and oxygen atoms in total. The van der Waals surface area contributed by atoms with E-state index < -0.39 is 16.1 Å². The molecular weight excluding hydrogens is 460 g/mol. The minimum atomic E-state index is -3.82. The Morgan fingerprint density at radius 2 is 1.94 bits per heavy atom. The Bertz CT molecular complexity index is 1310. The van der Waals surface area contributed by atoms with Crippen LogP contribution in [-0.2, 0) is 19.6 Å². The Balaban J connectivity index is 1.39. The van der Waals surface area contributed by atoms with Crippen LogP contribution < -0.4 is 16.2 Å². The summed E-state index contributed by atoms with van der Waals surface area (Å²) >= 11 is 0. The van der Waals surface area contributed by atoms with Gasteiger partial charge < -0.3 is 10.1 Å². The molecule has 2 aromatic heterocycles. The van der Waals surface area contributed by atoms with Crippen LogP contribution in [-0.4, -0.2) is 47.0 Å². The molecule has 3 N–H and O–H groups in total. The fraction of sp³-hybridized carbons (Fsp3) is 0.364. The SMILES string of the molecule is CCOC(=O)NC1CCC(C(=O)NNc2cnc3c(ccn3S(=O)(=O)c3ccc(C)cc3)n2)C1. The summed E-state index contributed by atoms with van der Waals surface area (Å²) in [5, 5.41) is 2.75. The monoisotopic (exact) mass is 486 g/mol. The standard InChI is InChI=1S/C22H26N6O5S/c1-3-33-22(30)24-16-7-6-15(12-16)21(29)27-26-19-13-23-20-18(25-19)10-11-28(20)34(31,32)17-8-4-14(2)5-9-17/h4-5,8-11,13,15-16H,3,6-7,12H2,1-2H3,(H,24,30)(H,25,26)(H,27,29). The molecule has 0 saturated heterocycles. The Hall–Kier alpha value is -3.67. The van der Waals surface area contributed by atoms with Gasteiger partial charge >= 0.3 is 6.09 Å². The van der Waals surface area contributed by atoms with Crippen molar-refractivity contribution in [1.29, 1.82) is 0 Å². The van der Waals surface area contributed by atoms with Crippen LogP contribution in [0.4, 0.5) is 10.6 Å². The van der Waals surface area contributed by atoms with Gasteiger partial charge in [0.05, 0.1) is 17.7 Å². The second kappa shape index (κ2) is 9.67. The average Bonchev–Trinajstić information content (AvgIpc) is 3.45. The summed E-state index contributed by atoms with van der Waals surface area (Å²) in [5.41, 5.74) is 6.84. The van der Waals surface area contributed by atoms with E-state index in [1.54, 1.807) is 37.3 Å². The van der Waals surface area contributed by atoms with Gasteiger partial charge in [0.15, 0.2) is 11.5 Å². The number of aryl methyl sites for hydroxylation is 1. The molecule has 2 atom stereocenters. The van der Waals surface area contributed by atoms with Gasteiger partial charge in [0.25, 0.3) is 10.0 Å². The van der Waals surface area contributed by atoms with Gasteiger partial charge in [-0.2, -0.15) is 0 Å². The lowest BCUT2D eigenvalue weighted by Gasteiger charge is -2.14. The van der Waals surface area contributed by atoms with Crippen LogP contribution in [0.15, 0.2) is 47.6 Å². The number of amides is 2. The molecule has 12 heteroatoms. The van der Waals surface area contributed by atoms with Crippen molar-refractivity contribution in [3.63, 3.8) is 0 Å². The van der Waals surface area contributed by atoms with E-state index in [0.717, 1.165) is 9.54 Å². The number of nitrogens with zero attached hydrogens (tertiary/aromatic N) is 3. The largest absolute Gasteiger partial charge is 0.450 e. The molecule has 34 heavy (non-hydrogen) atoms. The first-order chi connectivity index (χ1) is 16.3. The summed E-state index contributed by atoms with van der Waals surface area (Å²) in [5.74, 6) is -0.225. The predicted octanol–water partition coefficient (Wildman–Crippen LogP) is 2.33. The van der Waals surface area contributed by atoms with Gasteiger partial charge in [0.1, 0.15) is 5.52 Å². The van der Waals surface area contributed by atoms with Crippen molar-refractivity contribution in [2.75, 3.05) is 12.0 Å². The summed E-state index contributed by atoms with van der Waals surface area (Å²) in [6.45, 7) is 3.90. The van der Waals surface area contributed by atoms with Gasteiger partial charge in [-0.05, 0) is 51.3 Å². The lowest BCUT2D eigenvalue weighted by molar-refractivity contribution is -0.124. The highest BCUT2D eigenvalue weighted by molar-refractivity contribution is 7.90. The molecule has 4 rings (SSSR count). The number of benzene rings is 1. The number of nitrogens with one attached hydrogen (secondary N) is 3. The van der Waals surface area contributed by atoms with Crippen molar-refractivity contribution < 1.29 is 22.7 Å². The second-order valence-electron chi connectivity index (χ2n) is 8.08. The molecule has 1 aliphatic rings. The third-order valence-electron chi connectivity index (χ3n) is 5.65. The number of hydrogen-bond donors (Lipinski definition) is 3. The number of carbonyl (C=O) groups is 2. The van der Waals surface area contributed by atoms with E-state index >= 15 is 0 Å². The maximum atomic E-state index is 13.0. The third-order valence-corrected chi connectivity index (χ3v) is 7.33. The van der Waals surface area contributed by atoms with Crippen LogP contribution in [0.25, 0.3) is 11.2 Å². The molecule has 1 fully saturated rings. The Morgan fingerprint density at radius 1 is 1.18 bits per heavy atom. The minimum absolute atomic E-state index is 0.110. The number of hydrazine groups is 1. The average molecular weight is 487 g/mol. The molecule has 1 aliphatic carbocycles. The van der Waals surface area contributed by atoms with Crippen LogP contribution in [0, 0.1) is 12.8 Å². The molecule has 0 radical (unpaired) electrons. The molecule has 2 unspecified atom stereocenters. The van der Waals surface area contributed by atoms with Crippen LogP contribution in [0.2, 0.25) is 0 Å². The van der Waals surface area contributed by atoms with Crippen molar-refractivity contribution in [1.82, 2.24) is 24.7 Å². The van der Waals surface area contributed by atoms with E-state index in [4.69, 9.17) is 4.74 Å². The maximum absolute atomic E-state index is 13.0. The van der Waals surface area contributed by atoms with E-state index in [0.29, 0.717) is 31.4 Å². The molecule has 0 spiro atoms. The normalized spacial score (nSPS) is 17.9. The van der Waals surface area contributed by atoms with E-state index in [1.807, 2.05) is 6.92 Å². The van der Waals surface area contributed by atoms with Crippen molar-refractivity contribution in [3.05, 3.63) is 48.3 Å². The first-order valence-corrected chi connectivity index (χ1v) is 12.4. The highest BCUT2D eigenvalue weighted by Crippen LogP contribution is 2.26. The van der Waals surface area contributed by atoms with E-state index in [-0.39, 0.29) is 34.2 Å². The first-order valence-electron chi connectivity index (χ1n) is 10.9. The fourth-order valence-electron chi connectivity index (χ4n) is 3.88. The molecular formula is C22H26N6O5S. The topological polar surface area (TPSA) is 144 Å². The van der Waals surface area contributed by atoms with Gasteiger partial charge in [-0.3, -0.25) is 15.6 Å². The molecule has 180 valence electrons. The van der Waals surface area contributed by atoms with Gasteiger partial charge in [-0.1, -0.05) is 17.7 Å². The molecule has 1 saturated carbocycles. The Labute approximate surface area is 196 Å². The number of anilines is 1. The Kier molecular flexibility index (Phi) is 6.68. The zero-order valence-corrected chi connectivity index (χ0v) is 19.6.